The molecule has 6 heteroatoms. The second-order valence-electron chi connectivity index (χ2n) is 5.49. The van der Waals surface area contributed by atoms with E-state index in [0.717, 1.165) is 0 Å². The standard InChI is InChI=1S/C20H21NO5/c1-23-17-7-5-13(10-19(17)25-3)15(12-21)9-16(22)14-6-8-18(24-2)20(11-14)26-4/h5-8,10-11,15H,9H2,1-4H3. The summed E-state index contributed by atoms with van der Waals surface area (Å²) in [5.41, 5.74) is 1.15. The van der Waals surface area contributed by atoms with Crippen LogP contribution in [0.5, 0.6) is 23.0 Å². The molecule has 0 aliphatic heterocycles. The third kappa shape index (κ3) is 4.06. The fourth-order valence-electron chi connectivity index (χ4n) is 2.62. The summed E-state index contributed by atoms with van der Waals surface area (Å²) in [6, 6.07) is 12.3. The number of hydrogen-bond donors (Lipinski definition) is 0. The van der Waals surface area contributed by atoms with Crippen molar-refractivity contribution < 1.29 is 23.7 Å². The Morgan fingerprint density at radius 3 is 1.96 bits per heavy atom. The van der Waals surface area contributed by atoms with E-state index in [1.807, 2.05) is 0 Å². The molecule has 2 aromatic carbocycles. The topological polar surface area (TPSA) is 77.8 Å². The van der Waals surface area contributed by atoms with Gasteiger partial charge in [-0.2, -0.15) is 5.26 Å². The second kappa shape index (κ2) is 8.77. The molecule has 0 aliphatic carbocycles. The van der Waals surface area contributed by atoms with E-state index in [-0.39, 0.29) is 12.2 Å². The van der Waals surface area contributed by atoms with Crippen molar-refractivity contribution in [3.63, 3.8) is 0 Å². The van der Waals surface area contributed by atoms with Crippen molar-refractivity contribution in [2.45, 2.75) is 12.3 Å². The molecule has 0 aliphatic rings. The molecule has 6 nitrogen and oxygen atoms in total. The van der Waals surface area contributed by atoms with E-state index < -0.39 is 5.92 Å². The third-order valence-corrected chi connectivity index (χ3v) is 4.06. The molecule has 1 atom stereocenters. The number of methoxy groups -OCH3 is 4. The summed E-state index contributed by atoms with van der Waals surface area (Å²) < 4.78 is 20.9. The van der Waals surface area contributed by atoms with Gasteiger partial charge in [0.25, 0.3) is 0 Å². The molecule has 0 saturated heterocycles. The first kappa shape index (κ1) is 19.1. The minimum Gasteiger partial charge on any atom is -0.493 e. The van der Waals surface area contributed by atoms with Crippen molar-refractivity contribution in [1.29, 1.82) is 5.26 Å². The highest BCUT2D eigenvalue weighted by atomic mass is 16.5. The van der Waals surface area contributed by atoms with Crippen molar-refractivity contribution in [2.24, 2.45) is 0 Å². The Labute approximate surface area is 152 Å². The predicted molar refractivity (Wildman–Crippen MR) is 96.4 cm³/mol. The molecule has 0 fully saturated rings. The predicted octanol–water partition coefficient (Wildman–Crippen LogP) is 3.60. The van der Waals surface area contributed by atoms with Crippen LogP contribution in [-0.4, -0.2) is 34.2 Å². The fraction of sp³-hybridized carbons (Fsp3) is 0.300. The Bertz CT molecular complexity index is 825. The van der Waals surface area contributed by atoms with E-state index in [1.165, 1.54) is 21.3 Å². The molecule has 0 saturated carbocycles. The number of Topliss-reactive ketones (excluding diaryl/α,β-unsaturated/α-hetero) is 1. The second-order valence-corrected chi connectivity index (χ2v) is 5.49. The summed E-state index contributed by atoms with van der Waals surface area (Å²) in [6.45, 7) is 0. The zero-order valence-corrected chi connectivity index (χ0v) is 15.2. The number of carbonyl (C=O) groups excluding carboxylic acids is 1. The maximum absolute atomic E-state index is 12.6. The van der Waals surface area contributed by atoms with Crippen LogP contribution in [0.3, 0.4) is 0 Å². The van der Waals surface area contributed by atoms with Crippen molar-refractivity contribution in [1.82, 2.24) is 0 Å². The lowest BCUT2D eigenvalue weighted by atomic mass is 9.92. The van der Waals surface area contributed by atoms with Crippen LogP contribution in [0.25, 0.3) is 0 Å². The van der Waals surface area contributed by atoms with Gasteiger partial charge in [0, 0.05) is 12.0 Å². The summed E-state index contributed by atoms with van der Waals surface area (Å²) in [6.07, 6.45) is 0.0431. The van der Waals surface area contributed by atoms with Crippen LogP contribution in [0.2, 0.25) is 0 Å². The van der Waals surface area contributed by atoms with Crippen molar-refractivity contribution in [2.75, 3.05) is 28.4 Å². The highest BCUT2D eigenvalue weighted by Crippen LogP contribution is 2.33. The van der Waals surface area contributed by atoms with Gasteiger partial charge in [-0.1, -0.05) is 6.07 Å². The Hall–Kier alpha value is -3.20. The Morgan fingerprint density at radius 1 is 0.885 bits per heavy atom. The number of ether oxygens (including phenoxy) is 4. The van der Waals surface area contributed by atoms with Crippen LogP contribution in [-0.2, 0) is 0 Å². The monoisotopic (exact) mass is 355 g/mol. The largest absolute Gasteiger partial charge is 0.493 e. The lowest BCUT2D eigenvalue weighted by Crippen LogP contribution is -2.07. The summed E-state index contributed by atoms with van der Waals surface area (Å²) in [7, 11) is 6.10. The maximum atomic E-state index is 12.6. The number of nitriles is 1. The quantitative estimate of drug-likeness (QED) is 0.673. The van der Waals surface area contributed by atoms with E-state index >= 15 is 0 Å². The van der Waals surface area contributed by atoms with Gasteiger partial charge in [-0.05, 0) is 35.9 Å². The molecular weight excluding hydrogens is 334 g/mol. The number of benzene rings is 2. The Balaban J connectivity index is 2.25. The van der Waals surface area contributed by atoms with E-state index in [0.29, 0.717) is 34.1 Å². The first-order valence-corrected chi connectivity index (χ1v) is 7.94. The maximum Gasteiger partial charge on any atom is 0.164 e. The van der Waals surface area contributed by atoms with Gasteiger partial charge in [0.15, 0.2) is 28.8 Å². The number of hydrogen-bond acceptors (Lipinski definition) is 6. The van der Waals surface area contributed by atoms with Gasteiger partial charge in [0.05, 0.1) is 40.4 Å². The average molecular weight is 355 g/mol. The van der Waals surface area contributed by atoms with Crippen LogP contribution in [0.1, 0.15) is 28.3 Å². The lowest BCUT2D eigenvalue weighted by molar-refractivity contribution is 0.0978. The molecule has 2 rings (SSSR count). The van der Waals surface area contributed by atoms with E-state index in [1.54, 1.807) is 43.5 Å². The smallest absolute Gasteiger partial charge is 0.164 e. The number of nitrogens with zero attached hydrogens (tertiary/aromatic N) is 1. The highest BCUT2D eigenvalue weighted by molar-refractivity contribution is 5.97. The molecular formula is C20H21NO5. The summed E-state index contributed by atoms with van der Waals surface area (Å²) in [4.78, 5) is 12.6. The molecule has 0 radical (unpaired) electrons. The molecule has 0 heterocycles. The molecule has 26 heavy (non-hydrogen) atoms. The van der Waals surface area contributed by atoms with Crippen LogP contribution in [0, 0.1) is 11.3 Å². The molecule has 0 N–H and O–H groups in total. The average Bonchev–Trinajstić information content (AvgIpc) is 2.70. The van der Waals surface area contributed by atoms with Gasteiger partial charge in [-0.3, -0.25) is 4.79 Å². The van der Waals surface area contributed by atoms with E-state index in [2.05, 4.69) is 6.07 Å². The van der Waals surface area contributed by atoms with Gasteiger partial charge < -0.3 is 18.9 Å². The van der Waals surface area contributed by atoms with Gasteiger partial charge >= 0.3 is 0 Å². The summed E-state index contributed by atoms with van der Waals surface area (Å²) in [5.74, 6) is 1.34. The summed E-state index contributed by atoms with van der Waals surface area (Å²) in [5, 5.41) is 9.53. The molecule has 2 aromatic rings. The number of ketones is 1. The fourth-order valence-corrected chi connectivity index (χ4v) is 2.62. The number of carbonyl (C=O) groups is 1. The Kier molecular flexibility index (Phi) is 6.45. The van der Waals surface area contributed by atoms with Crippen LogP contribution < -0.4 is 18.9 Å². The van der Waals surface area contributed by atoms with Gasteiger partial charge in [0.2, 0.25) is 0 Å². The molecule has 0 bridgehead atoms. The van der Waals surface area contributed by atoms with Gasteiger partial charge in [0.1, 0.15) is 0 Å². The van der Waals surface area contributed by atoms with Crippen molar-refractivity contribution >= 4 is 5.78 Å². The van der Waals surface area contributed by atoms with Crippen LogP contribution in [0.15, 0.2) is 36.4 Å². The van der Waals surface area contributed by atoms with Crippen molar-refractivity contribution in [3.8, 4) is 29.1 Å². The van der Waals surface area contributed by atoms with Gasteiger partial charge in [-0.15, -0.1) is 0 Å². The SMILES string of the molecule is COc1ccc(C(=O)CC(C#N)c2ccc(OC)c(OC)c2)cc1OC. The van der Waals surface area contributed by atoms with Crippen LogP contribution in [0.4, 0.5) is 0 Å². The van der Waals surface area contributed by atoms with E-state index in [4.69, 9.17) is 18.9 Å². The summed E-state index contributed by atoms with van der Waals surface area (Å²) >= 11 is 0. The highest BCUT2D eigenvalue weighted by Gasteiger charge is 2.20. The Morgan fingerprint density at radius 2 is 1.42 bits per heavy atom. The first-order chi connectivity index (χ1) is 12.6. The first-order valence-electron chi connectivity index (χ1n) is 7.94. The lowest BCUT2D eigenvalue weighted by Gasteiger charge is -2.13. The van der Waals surface area contributed by atoms with E-state index in [9.17, 15) is 10.1 Å². The minimum atomic E-state index is -0.601. The van der Waals surface area contributed by atoms with Crippen LogP contribution >= 0.6 is 0 Å². The zero-order chi connectivity index (χ0) is 19.1. The normalized spacial score (nSPS) is 11.2. The molecule has 136 valence electrons. The molecule has 0 amide bonds. The van der Waals surface area contributed by atoms with Crippen molar-refractivity contribution in [3.05, 3.63) is 47.5 Å². The minimum absolute atomic E-state index is 0.0431. The number of rotatable bonds is 8. The zero-order valence-electron chi connectivity index (χ0n) is 15.2. The van der Waals surface area contributed by atoms with Gasteiger partial charge in [-0.25, -0.2) is 0 Å². The molecule has 1 unspecified atom stereocenters. The molecule has 0 aromatic heterocycles. The molecule has 0 spiro atoms. The third-order valence-electron chi connectivity index (χ3n) is 4.06.